The molecule has 0 atom stereocenters. The first-order chi connectivity index (χ1) is 6.41. The number of carbonyl (C=O) groups is 1. The van der Waals surface area contributed by atoms with Gasteiger partial charge in [0.1, 0.15) is 0 Å². The average molecular weight is 321 g/mol. The number of amides is 1. The molecule has 1 rings (SSSR count). The Bertz CT molecular complexity index is 344. The summed E-state index contributed by atoms with van der Waals surface area (Å²) in [6.07, 6.45) is 0. The lowest BCUT2D eigenvalue weighted by atomic mass is 10.2. The number of hydrogen-bond acceptors (Lipinski definition) is 1. The van der Waals surface area contributed by atoms with Gasteiger partial charge in [0, 0.05) is 4.47 Å². The van der Waals surface area contributed by atoms with Gasteiger partial charge < -0.3 is 5.32 Å². The predicted molar refractivity (Wildman–Crippen MR) is 65.8 cm³/mol. The van der Waals surface area contributed by atoms with Crippen LogP contribution in [0.4, 0.5) is 5.69 Å². The Hall–Kier alpha value is -0.350. The van der Waals surface area contributed by atoms with E-state index in [0.717, 1.165) is 10.2 Å². The van der Waals surface area contributed by atoms with Crippen molar-refractivity contribution in [1.29, 1.82) is 0 Å². The number of para-hydroxylation sites is 1. The van der Waals surface area contributed by atoms with E-state index in [1.54, 1.807) is 13.8 Å². The van der Waals surface area contributed by atoms with Gasteiger partial charge in [-0.15, -0.1) is 0 Å². The van der Waals surface area contributed by atoms with Crippen molar-refractivity contribution < 1.29 is 4.79 Å². The molecule has 0 spiro atoms. The van der Waals surface area contributed by atoms with Crippen LogP contribution in [0.25, 0.3) is 0 Å². The molecule has 1 N–H and O–H groups in total. The van der Waals surface area contributed by atoms with Gasteiger partial charge in [-0.2, -0.15) is 0 Å². The molecular weight excluding hydrogens is 310 g/mol. The molecule has 1 aromatic carbocycles. The number of carbonyl (C=O) groups excluding carboxylic acids is 1. The van der Waals surface area contributed by atoms with E-state index in [4.69, 9.17) is 0 Å². The van der Waals surface area contributed by atoms with Crippen LogP contribution in [0.3, 0.4) is 0 Å². The van der Waals surface area contributed by atoms with E-state index in [2.05, 4.69) is 37.2 Å². The molecule has 0 heterocycles. The molecule has 0 saturated carbocycles. The van der Waals surface area contributed by atoms with Crippen molar-refractivity contribution in [1.82, 2.24) is 0 Å². The van der Waals surface area contributed by atoms with Crippen molar-refractivity contribution in [3.63, 3.8) is 0 Å². The number of hydrogen-bond donors (Lipinski definition) is 1. The highest BCUT2D eigenvalue weighted by molar-refractivity contribution is 9.10. The van der Waals surface area contributed by atoms with Crippen LogP contribution in [0.2, 0.25) is 0 Å². The number of nitrogens with one attached hydrogen (secondary N) is 1. The second kappa shape index (κ2) is 4.45. The largest absolute Gasteiger partial charge is 0.324 e. The van der Waals surface area contributed by atoms with E-state index in [0.29, 0.717) is 0 Å². The molecule has 0 fully saturated rings. The lowest BCUT2D eigenvalue weighted by Gasteiger charge is -2.16. The lowest BCUT2D eigenvalue weighted by molar-refractivity contribution is -0.117. The molecule has 0 aliphatic carbocycles. The zero-order valence-corrected chi connectivity index (χ0v) is 11.1. The van der Waals surface area contributed by atoms with Crippen LogP contribution in [-0.2, 0) is 4.79 Å². The molecule has 0 radical (unpaired) electrons. The summed E-state index contributed by atoms with van der Waals surface area (Å²) in [6.45, 7) is 3.61. The summed E-state index contributed by atoms with van der Waals surface area (Å²) in [5.74, 6) is -0.0654. The van der Waals surface area contributed by atoms with E-state index >= 15 is 0 Å². The normalized spacial score (nSPS) is 11.1. The smallest absolute Gasteiger partial charge is 0.240 e. The Morgan fingerprint density at radius 1 is 1.36 bits per heavy atom. The van der Waals surface area contributed by atoms with E-state index in [1.807, 2.05) is 24.3 Å². The Labute approximate surface area is 100 Å². The topological polar surface area (TPSA) is 29.1 Å². The number of anilines is 1. The van der Waals surface area contributed by atoms with Crippen LogP contribution in [-0.4, -0.2) is 10.2 Å². The fourth-order valence-corrected chi connectivity index (χ4v) is 1.32. The Kier molecular flexibility index (Phi) is 3.72. The van der Waals surface area contributed by atoms with Crippen molar-refractivity contribution in [2.75, 3.05) is 5.32 Å². The van der Waals surface area contributed by atoms with Gasteiger partial charge in [-0.3, -0.25) is 4.79 Å². The summed E-state index contributed by atoms with van der Waals surface area (Å²) >= 11 is 6.66. The van der Waals surface area contributed by atoms with Crippen LogP contribution in [0.1, 0.15) is 13.8 Å². The summed E-state index contributed by atoms with van der Waals surface area (Å²) in [5.41, 5.74) is 0.782. The van der Waals surface area contributed by atoms with Gasteiger partial charge in [-0.25, -0.2) is 0 Å². The number of rotatable bonds is 2. The molecule has 76 valence electrons. The first-order valence-corrected chi connectivity index (χ1v) is 5.75. The molecule has 0 bridgehead atoms. The monoisotopic (exact) mass is 319 g/mol. The Morgan fingerprint density at radius 2 is 1.93 bits per heavy atom. The standard InChI is InChI=1S/C10H11Br2NO/c1-10(2,12)9(14)13-8-6-4-3-5-7(8)11/h3-6H,1-2H3,(H,13,14). The Balaban J connectivity index is 2.80. The number of alkyl halides is 1. The summed E-state index contributed by atoms with van der Waals surface area (Å²) in [7, 11) is 0. The lowest BCUT2D eigenvalue weighted by Crippen LogP contribution is -2.31. The molecule has 0 saturated heterocycles. The van der Waals surface area contributed by atoms with Crippen LogP contribution in [0.5, 0.6) is 0 Å². The SMILES string of the molecule is CC(C)(Br)C(=O)Nc1ccccc1Br. The first-order valence-electron chi connectivity index (χ1n) is 4.16. The molecule has 0 unspecified atom stereocenters. The molecule has 1 amide bonds. The summed E-state index contributed by atoms with van der Waals surface area (Å²) in [4.78, 5) is 11.6. The maximum absolute atomic E-state index is 11.6. The minimum atomic E-state index is -0.553. The first kappa shape index (κ1) is 11.7. The van der Waals surface area contributed by atoms with Gasteiger partial charge in [0.2, 0.25) is 5.91 Å². The van der Waals surface area contributed by atoms with E-state index in [9.17, 15) is 4.79 Å². The fourth-order valence-electron chi connectivity index (χ4n) is 0.834. The third-order valence-electron chi connectivity index (χ3n) is 1.66. The van der Waals surface area contributed by atoms with Gasteiger partial charge in [0.15, 0.2) is 0 Å². The van der Waals surface area contributed by atoms with Crippen LogP contribution >= 0.6 is 31.9 Å². The van der Waals surface area contributed by atoms with Crippen LogP contribution < -0.4 is 5.32 Å². The van der Waals surface area contributed by atoms with Gasteiger partial charge in [0.05, 0.1) is 10.0 Å². The van der Waals surface area contributed by atoms with Crippen molar-refractivity contribution in [2.45, 2.75) is 18.2 Å². The van der Waals surface area contributed by atoms with Gasteiger partial charge in [-0.1, -0.05) is 28.1 Å². The summed E-state index contributed by atoms with van der Waals surface area (Å²) < 4.78 is 0.326. The highest BCUT2D eigenvalue weighted by Crippen LogP contribution is 2.24. The average Bonchev–Trinajstić information content (AvgIpc) is 2.07. The summed E-state index contributed by atoms with van der Waals surface area (Å²) in [6, 6.07) is 7.51. The molecular formula is C10H11Br2NO. The van der Waals surface area contributed by atoms with Gasteiger partial charge in [-0.05, 0) is 41.9 Å². The highest BCUT2D eigenvalue weighted by atomic mass is 79.9. The quantitative estimate of drug-likeness (QED) is 0.829. The fraction of sp³-hybridized carbons (Fsp3) is 0.300. The van der Waals surface area contributed by atoms with Crippen molar-refractivity contribution >= 4 is 43.5 Å². The van der Waals surface area contributed by atoms with E-state index < -0.39 is 4.32 Å². The predicted octanol–water partition coefficient (Wildman–Crippen LogP) is 3.56. The minimum Gasteiger partial charge on any atom is -0.324 e. The molecule has 4 heteroatoms. The van der Waals surface area contributed by atoms with Crippen molar-refractivity contribution in [3.8, 4) is 0 Å². The van der Waals surface area contributed by atoms with Crippen LogP contribution in [0.15, 0.2) is 28.7 Å². The molecule has 0 aliphatic rings. The molecule has 0 aliphatic heterocycles. The zero-order valence-electron chi connectivity index (χ0n) is 7.97. The second-order valence-corrected chi connectivity index (χ2v) is 6.24. The van der Waals surface area contributed by atoms with Crippen molar-refractivity contribution in [2.24, 2.45) is 0 Å². The van der Waals surface area contributed by atoms with E-state index in [-0.39, 0.29) is 5.91 Å². The van der Waals surface area contributed by atoms with Gasteiger partial charge >= 0.3 is 0 Å². The second-order valence-electron chi connectivity index (χ2n) is 3.41. The maximum Gasteiger partial charge on any atom is 0.240 e. The third kappa shape index (κ3) is 3.10. The van der Waals surface area contributed by atoms with E-state index in [1.165, 1.54) is 0 Å². The summed E-state index contributed by atoms with van der Waals surface area (Å²) in [5, 5.41) is 2.82. The Morgan fingerprint density at radius 3 is 2.43 bits per heavy atom. The minimum absolute atomic E-state index is 0.0654. The van der Waals surface area contributed by atoms with Crippen LogP contribution in [0, 0.1) is 0 Å². The number of benzene rings is 1. The zero-order chi connectivity index (χ0) is 10.8. The third-order valence-corrected chi connectivity index (χ3v) is 2.71. The highest BCUT2D eigenvalue weighted by Gasteiger charge is 2.23. The maximum atomic E-state index is 11.6. The number of halogens is 2. The van der Waals surface area contributed by atoms with Gasteiger partial charge in [0.25, 0.3) is 0 Å². The molecule has 14 heavy (non-hydrogen) atoms. The molecule has 2 nitrogen and oxygen atoms in total. The molecule has 0 aromatic heterocycles. The van der Waals surface area contributed by atoms with Crippen molar-refractivity contribution in [3.05, 3.63) is 28.7 Å². The molecule has 1 aromatic rings.